The molecule has 0 spiro atoms. The van der Waals surface area contributed by atoms with Crippen LogP contribution in [0.4, 0.5) is 4.39 Å². The molecule has 1 amide bonds. The van der Waals surface area contributed by atoms with Crippen LogP contribution in [0.1, 0.15) is 44.7 Å². The van der Waals surface area contributed by atoms with Gasteiger partial charge in [-0.1, -0.05) is 36.4 Å². The maximum absolute atomic E-state index is 13.7. The van der Waals surface area contributed by atoms with E-state index in [-0.39, 0.29) is 17.3 Å². The molecule has 0 saturated heterocycles. The molecule has 1 atom stereocenters. The van der Waals surface area contributed by atoms with E-state index in [0.29, 0.717) is 12.8 Å². The van der Waals surface area contributed by atoms with Gasteiger partial charge in [0.05, 0.1) is 5.54 Å². The number of nitrogens with zero attached hydrogens (tertiary/aromatic N) is 3. The second-order valence-electron chi connectivity index (χ2n) is 8.66. The number of imidazole rings is 1. The number of fused-ring (bicyclic) bond motifs is 3. The molecule has 29 heavy (non-hydrogen) atoms. The van der Waals surface area contributed by atoms with E-state index >= 15 is 0 Å². The van der Waals surface area contributed by atoms with Crippen molar-refractivity contribution in [2.24, 2.45) is 0 Å². The van der Waals surface area contributed by atoms with Crippen LogP contribution in [0.2, 0.25) is 0 Å². The molecule has 150 valence electrons. The first-order chi connectivity index (χ1) is 13.7. The summed E-state index contributed by atoms with van der Waals surface area (Å²) in [5.41, 5.74) is 2.27. The Bertz CT molecular complexity index is 1050. The summed E-state index contributed by atoms with van der Waals surface area (Å²) >= 11 is 0. The normalized spacial score (nSPS) is 17.7. The Morgan fingerprint density at radius 3 is 2.52 bits per heavy atom. The zero-order valence-corrected chi connectivity index (χ0v) is 17.3. The maximum Gasteiger partial charge on any atom is 0.222 e. The number of hydrogen-bond acceptors (Lipinski definition) is 2. The van der Waals surface area contributed by atoms with E-state index in [4.69, 9.17) is 0 Å². The molecule has 0 N–H and O–H groups in total. The topological polar surface area (TPSA) is 38.1 Å². The molecule has 0 saturated carbocycles. The summed E-state index contributed by atoms with van der Waals surface area (Å²) in [6.45, 7) is 6.08. The fourth-order valence-electron chi connectivity index (χ4n) is 4.23. The van der Waals surface area contributed by atoms with E-state index in [2.05, 4.69) is 21.7 Å². The number of carbonyl (C=O) groups excluding carboxylic acids is 1. The number of amides is 1. The zero-order valence-electron chi connectivity index (χ0n) is 17.3. The summed E-state index contributed by atoms with van der Waals surface area (Å²) in [6.07, 6.45) is 4.68. The van der Waals surface area contributed by atoms with E-state index in [0.717, 1.165) is 22.5 Å². The first kappa shape index (κ1) is 19.4. The molecule has 0 radical (unpaired) electrons. The lowest BCUT2D eigenvalue weighted by molar-refractivity contribution is -0.134. The first-order valence-corrected chi connectivity index (χ1v) is 9.91. The Morgan fingerprint density at radius 2 is 1.83 bits per heavy atom. The average Bonchev–Trinajstić information content (AvgIpc) is 3.27. The van der Waals surface area contributed by atoms with Gasteiger partial charge in [0.15, 0.2) is 0 Å². The van der Waals surface area contributed by atoms with Gasteiger partial charge in [0.2, 0.25) is 5.91 Å². The highest BCUT2D eigenvalue weighted by Crippen LogP contribution is 2.49. The third-order valence-corrected chi connectivity index (χ3v) is 6.07. The van der Waals surface area contributed by atoms with Gasteiger partial charge in [-0.25, -0.2) is 9.37 Å². The minimum Gasteiger partial charge on any atom is -0.341 e. The van der Waals surface area contributed by atoms with Crippen LogP contribution in [0.25, 0.3) is 11.4 Å². The van der Waals surface area contributed by atoms with Crippen LogP contribution >= 0.6 is 0 Å². The van der Waals surface area contributed by atoms with Crippen molar-refractivity contribution in [1.29, 1.82) is 0 Å². The highest BCUT2D eigenvalue weighted by molar-refractivity contribution is 5.78. The van der Waals surface area contributed by atoms with E-state index in [1.807, 2.05) is 58.3 Å². The predicted molar refractivity (Wildman–Crippen MR) is 112 cm³/mol. The van der Waals surface area contributed by atoms with Gasteiger partial charge in [0.1, 0.15) is 11.6 Å². The molecule has 1 aliphatic heterocycles. The number of carbonyl (C=O) groups is 1. The minimum atomic E-state index is -0.593. The fraction of sp³-hybridized carbons (Fsp3) is 0.333. The molecule has 1 unspecified atom stereocenters. The summed E-state index contributed by atoms with van der Waals surface area (Å²) < 4.78 is 15.8. The van der Waals surface area contributed by atoms with Crippen molar-refractivity contribution in [2.75, 3.05) is 7.05 Å². The van der Waals surface area contributed by atoms with Crippen molar-refractivity contribution >= 4 is 5.91 Å². The second-order valence-corrected chi connectivity index (χ2v) is 8.66. The lowest BCUT2D eigenvalue weighted by Gasteiger charge is -2.36. The fourth-order valence-corrected chi connectivity index (χ4v) is 4.23. The summed E-state index contributed by atoms with van der Waals surface area (Å²) in [5.74, 6) is 0.691. The van der Waals surface area contributed by atoms with Gasteiger partial charge in [-0.3, -0.25) is 4.79 Å². The molecule has 3 aromatic rings. The van der Waals surface area contributed by atoms with Crippen molar-refractivity contribution in [1.82, 2.24) is 14.5 Å². The maximum atomic E-state index is 13.7. The van der Waals surface area contributed by atoms with Crippen molar-refractivity contribution < 1.29 is 9.18 Å². The van der Waals surface area contributed by atoms with Crippen molar-refractivity contribution in [3.63, 3.8) is 0 Å². The highest BCUT2D eigenvalue weighted by Gasteiger charge is 2.45. The molecule has 0 fully saturated rings. The molecule has 4 nitrogen and oxygen atoms in total. The minimum absolute atomic E-state index is 0.0880. The van der Waals surface area contributed by atoms with Gasteiger partial charge >= 0.3 is 0 Å². The lowest BCUT2D eigenvalue weighted by Crippen LogP contribution is -2.43. The quantitative estimate of drug-likeness (QED) is 0.639. The Balaban J connectivity index is 1.83. The van der Waals surface area contributed by atoms with Gasteiger partial charge in [-0.15, -0.1) is 0 Å². The van der Waals surface area contributed by atoms with Crippen LogP contribution in [-0.4, -0.2) is 32.9 Å². The van der Waals surface area contributed by atoms with Crippen LogP contribution < -0.4 is 0 Å². The first-order valence-electron chi connectivity index (χ1n) is 9.91. The van der Waals surface area contributed by atoms with E-state index < -0.39 is 5.54 Å². The Labute approximate surface area is 171 Å². The third kappa shape index (κ3) is 3.05. The van der Waals surface area contributed by atoms with Gasteiger partial charge in [-0.05, 0) is 50.5 Å². The van der Waals surface area contributed by atoms with E-state index in [1.54, 1.807) is 11.1 Å². The molecule has 4 rings (SSSR count). The summed E-state index contributed by atoms with van der Waals surface area (Å²) in [5, 5.41) is 0. The van der Waals surface area contributed by atoms with Crippen LogP contribution in [-0.2, 0) is 10.3 Å². The molecule has 2 heterocycles. The van der Waals surface area contributed by atoms with Crippen molar-refractivity contribution in [3.05, 3.63) is 77.9 Å². The second kappa shape index (κ2) is 6.83. The van der Waals surface area contributed by atoms with Gasteiger partial charge < -0.3 is 9.47 Å². The Morgan fingerprint density at radius 1 is 1.14 bits per heavy atom. The molecular weight excluding hydrogens is 365 g/mol. The van der Waals surface area contributed by atoms with E-state index in [1.165, 1.54) is 12.1 Å². The molecule has 1 aliphatic rings. The smallest absolute Gasteiger partial charge is 0.222 e. The van der Waals surface area contributed by atoms with Crippen molar-refractivity contribution in [3.8, 4) is 11.4 Å². The lowest BCUT2D eigenvalue weighted by atomic mass is 9.79. The number of benzene rings is 2. The highest BCUT2D eigenvalue weighted by atomic mass is 19.1. The molecule has 5 heteroatoms. The third-order valence-electron chi connectivity index (χ3n) is 6.07. The summed E-state index contributed by atoms with van der Waals surface area (Å²) in [6, 6.07) is 14.8. The largest absolute Gasteiger partial charge is 0.341 e. The molecule has 0 bridgehead atoms. The average molecular weight is 391 g/mol. The molecule has 0 aliphatic carbocycles. The summed E-state index contributed by atoms with van der Waals surface area (Å²) in [7, 11) is 1.85. The van der Waals surface area contributed by atoms with Gasteiger partial charge in [-0.2, -0.15) is 0 Å². The number of rotatable bonds is 4. The van der Waals surface area contributed by atoms with Gasteiger partial charge in [0.25, 0.3) is 0 Å². The molecule has 2 aromatic carbocycles. The number of hydrogen-bond donors (Lipinski definition) is 0. The zero-order chi connectivity index (χ0) is 20.8. The van der Waals surface area contributed by atoms with Crippen LogP contribution in [0, 0.1) is 5.82 Å². The predicted octanol–water partition coefficient (Wildman–Crippen LogP) is 4.83. The van der Waals surface area contributed by atoms with Crippen molar-refractivity contribution in [2.45, 2.75) is 44.7 Å². The Hall–Kier alpha value is -2.95. The number of halogens is 1. The van der Waals surface area contributed by atoms with Crippen LogP contribution in [0.15, 0.2) is 60.9 Å². The monoisotopic (exact) mass is 391 g/mol. The summed E-state index contributed by atoms with van der Waals surface area (Å²) in [4.78, 5) is 19.3. The SMILES string of the molecule is CN(C(=O)CCC1(c2ccc(F)cc2)c2ccccc2-c2nccn21)C(C)(C)C. The standard InChI is InChI=1S/C24H26FN3O/c1-23(2,3)27(4)21(29)13-14-24(17-9-11-18(25)12-10-17)20-8-6-5-7-19(20)22-26-15-16-28(22)24/h5-12,15-16H,13-14H2,1-4H3. The molecular formula is C24H26FN3O. The van der Waals surface area contributed by atoms with Crippen LogP contribution in [0.3, 0.4) is 0 Å². The molecule has 1 aromatic heterocycles. The number of aromatic nitrogens is 2. The van der Waals surface area contributed by atoms with Crippen LogP contribution in [0.5, 0.6) is 0 Å². The van der Waals surface area contributed by atoms with Gasteiger partial charge in [0, 0.05) is 37.0 Å². The Kier molecular flexibility index (Phi) is 4.56. The van der Waals surface area contributed by atoms with E-state index in [9.17, 15) is 9.18 Å².